The maximum absolute atomic E-state index is 12.0. The molecule has 0 aliphatic carbocycles. The van der Waals surface area contributed by atoms with Gasteiger partial charge in [0.25, 0.3) is 0 Å². The van der Waals surface area contributed by atoms with Crippen LogP contribution in [0.1, 0.15) is 51.0 Å². The van der Waals surface area contributed by atoms with E-state index < -0.39 is 0 Å². The summed E-state index contributed by atoms with van der Waals surface area (Å²) in [5, 5.41) is 8.11. The van der Waals surface area contributed by atoms with E-state index in [0.717, 1.165) is 12.8 Å². The number of aromatic nitrogens is 2. The van der Waals surface area contributed by atoms with Gasteiger partial charge in [0.2, 0.25) is 5.82 Å². The van der Waals surface area contributed by atoms with E-state index in [-0.39, 0.29) is 11.7 Å². The molecule has 1 unspecified atom stereocenters. The predicted molar refractivity (Wildman–Crippen MR) is 71.2 cm³/mol. The molecule has 0 saturated carbocycles. The minimum atomic E-state index is -0.0185. The highest BCUT2D eigenvalue weighted by atomic mass is 16.1. The van der Waals surface area contributed by atoms with E-state index in [1.165, 1.54) is 6.33 Å². The molecule has 0 aliphatic heterocycles. The van der Waals surface area contributed by atoms with Gasteiger partial charge in [0.05, 0.1) is 12.9 Å². The van der Waals surface area contributed by atoms with Gasteiger partial charge in [-0.15, -0.1) is 5.11 Å². The molecule has 100 valence electrons. The van der Waals surface area contributed by atoms with E-state index in [1.807, 2.05) is 13.8 Å². The quantitative estimate of drug-likeness (QED) is 0.591. The molecule has 1 aromatic rings. The summed E-state index contributed by atoms with van der Waals surface area (Å²) in [6, 6.07) is 0. The molecule has 1 heterocycles. The van der Waals surface area contributed by atoms with Crippen molar-refractivity contribution in [2.24, 2.45) is 22.1 Å². The fourth-order valence-corrected chi connectivity index (χ4v) is 1.41. The van der Waals surface area contributed by atoms with E-state index in [1.54, 1.807) is 0 Å². The minimum absolute atomic E-state index is 0.0185. The normalized spacial score (nSPS) is 13.4. The Morgan fingerprint density at radius 3 is 2.78 bits per heavy atom. The second-order valence-electron chi connectivity index (χ2n) is 4.92. The van der Waals surface area contributed by atoms with Gasteiger partial charge in [-0.05, 0) is 18.8 Å². The SMILES string of the molecule is CCC(C)C(=O)c1[nH]cnc1N=NCCC(C)C. The summed E-state index contributed by atoms with van der Waals surface area (Å²) in [6.45, 7) is 8.84. The first-order valence-corrected chi connectivity index (χ1v) is 6.51. The van der Waals surface area contributed by atoms with Crippen LogP contribution in [0.2, 0.25) is 0 Å². The number of hydrogen-bond donors (Lipinski definition) is 1. The lowest BCUT2D eigenvalue weighted by Gasteiger charge is -2.05. The van der Waals surface area contributed by atoms with Gasteiger partial charge in [-0.25, -0.2) is 4.98 Å². The van der Waals surface area contributed by atoms with Crippen molar-refractivity contribution in [2.75, 3.05) is 6.54 Å². The fraction of sp³-hybridized carbons (Fsp3) is 0.692. The van der Waals surface area contributed by atoms with Crippen LogP contribution in [0.25, 0.3) is 0 Å². The largest absolute Gasteiger partial charge is 0.340 e. The Kier molecular flexibility index (Phi) is 5.68. The Morgan fingerprint density at radius 1 is 1.44 bits per heavy atom. The lowest BCUT2D eigenvalue weighted by atomic mass is 10.0. The summed E-state index contributed by atoms with van der Waals surface area (Å²) < 4.78 is 0. The molecule has 1 atom stereocenters. The van der Waals surface area contributed by atoms with Crippen molar-refractivity contribution in [1.82, 2.24) is 9.97 Å². The molecule has 0 spiro atoms. The molecule has 18 heavy (non-hydrogen) atoms. The summed E-state index contributed by atoms with van der Waals surface area (Å²) in [4.78, 5) is 18.9. The van der Waals surface area contributed by atoms with Gasteiger partial charge in [0.1, 0.15) is 5.69 Å². The monoisotopic (exact) mass is 250 g/mol. The number of aromatic amines is 1. The summed E-state index contributed by atoms with van der Waals surface area (Å²) in [5.74, 6) is 1.04. The number of carbonyl (C=O) groups is 1. The molecule has 0 aromatic carbocycles. The first kappa shape index (κ1) is 14.5. The number of nitrogens with one attached hydrogen (secondary N) is 1. The molecule has 5 nitrogen and oxygen atoms in total. The number of ketones is 1. The Morgan fingerprint density at radius 2 is 2.17 bits per heavy atom. The molecule has 0 saturated heterocycles. The van der Waals surface area contributed by atoms with Crippen LogP contribution in [0.3, 0.4) is 0 Å². The predicted octanol–water partition coefficient (Wildman–Crippen LogP) is 3.77. The van der Waals surface area contributed by atoms with E-state index in [4.69, 9.17) is 0 Å². The molecule has 0 fully saturated rings. The van der Waals surface area contributed by atoms with Gasteiger partial charge in [-0.2, -0.15) is 5.11 Å². The number of H-pyrrole nitrogens is 1. The van der Waals surface area contributed by atoms with Gasteiger partial charge in [0, 0.05) is 5.92 Å². The number of imidazole rings is 1. The molecule has 0 radical (unpaired) electrons. The summed E-state index contributed by atoms with van der Waals surface area (Å²) in [7, 11) is 0. The second-order valence-corrected chi connectivity index (χ2v) is 4.92. The van der Waals surface area contributed by atoms with Crippen LogP contribution in [0, 0.1) is 11.8 Å². The molecule has 1 rings (SSSR count). The second kappa shape index (κ2) is 7.03. The van der Waals surface area contributed by atoms with Gasteiger partial charge in [-0.3, -0.25) is 4.79 Å². The number of hydrogen-bond acceptors (Lipinski definition) is 4. The summed E-state index contributed by atoms with van der Waals surface area (Å²) >= 11 is 0. The summed E-state index contributed by atoms with van der Waals surface area (Å²) in [6.07, 6.45) is 3.29. The highest BCUT2D eigenvalue weighted by Gasteiger charge is 2.19. The molecule has 5 heteroatoms. The number of nitrogens with zero attached hydrogens (tertiary/aromatic N) is 3. The van der Waals surface area contributed by atoms with Gasteiger partial charge in [-0.1, -0.05) is 27.7 Å². The van der Waals surface area contributed by atoms with Crippen molar-refractivity contribution in [2.45, 2.75) is 40.5 Å². The Bertz CT molecular complexity index is 409. The third kappa shape index (κ3) is 4.05. The molecule has 0 bridgehead atoms. The molecular formula is C13H22N4O. The van der Waals surface area contributed by atoms with Crippen LogP contribution >= 0.6 is 0 Å². The Balaban J connectivity index is 2.68. The highest BCUT2D eigenvalue weighted by molar-refractivity contribution is 5.99. The highest BCUT2D eigenvalue weighted by Crippen LogP contribution is 2.19. The molecule has 0 aliphatic rings. The van der Waals surface area contributed by atoms with E-state index in [2.05, 4.69) is 34.0 Å². The van der Waals surface area contributed by atoms with E-state index >= 15 is 0 Å². The molecule has 1 N–H and O–H groups in total. The molecular weight excluding hydrogens is 228 g/mol. The number of carbonyl (C=O) groups excluding carboxylic acids is 1. The van der Waals surface area contributed by atoms with Crippen LogP contribution in [0.15, 0.2) is 16.6 Å². The zero-order chi connectivity index (χ0) is 13.5. The van der Waals surface area contributed by atoms with Crippen LogP contribution < -0.4 is 0 Å². The van der Waals surface area contributed by atoms with E-state index in [9.17, 15) is 4.79 Å². The third-order valence-corrected chi connectivity index (χ3v) is 2.90. The standard InChI is InChI=1S/C13H22N4O/c1-5-10(4)12(18)11-13(15-8-14-11)17-16-7-6-9(2)3/h8-10H,5-7H2,1-4H3,(H,14,15). The van der Waals surface area contributed by atoms with Gasteiger partial charge in [0.15, 0.2) is 5.78 Å². The maximum Gasteiger partial charge on any atom is 0.202 e. The number of Topliss-reactive ketones (excluding diaryl/α,β-unsaturated/α-hetero) is 1. The first-order valence-electron chi connectivity index (χ1n) is 6.51. The first-order chi connectivity index (χ1) is 8.56. The van der Waals surface area contributed by atoms with Crippen molar-refractivity contribution >= 4 is 11.6 Å². The van der Waals surface area contributed by atoms with Crippen LogP contribution in [-0.4, -0.2) is 22.3 Å². The Labute approximate surface area is 108 Å². The van der Waals surface area contributed by atoms with Crippen molar-refractivity contribution in [3.63, 3.8) is 0 Å². The average Bonchev–Trinajstić information content (AvgIpc) is 2.80. The third-order valence-electron chi connectivity index (χ3n) is 2.90. The smallest absolute Gasteiger partial charge is 0.202 e. The van der Waals surface area contributed by atoms with Gasteiger partial charge >= 0.3 is 0 Å². The topological polar surface area (TPSA) is 70.5 Å². The lowest BCUT2D eigenvalue weighted by Crippen LogP contribution is -2.10. The zero-order valence-electron chi connectivity index (χ0n) is 11.6. The minimum Gasteiger partial charge on any atom is -0.340 e. The van der Waals surface area contributed by atoms with Crippen LogP contribution in [0.5, 0.6) is 0 Å². The zero-order valence-corrected chi connectivity index (χ0v) is 11.6. The van der Waals surface area contributed by atoms with E-state index in [0.29, 0.717) is 24.0 Å². The Hall–Kier alpha value is -1.52. The van der Waals surface area contributed by atoms with Crippen molar-refractivity contribution in [3.05, 3.63) is 12.0 Å². The molecule has 0 amide bonds. The van der Waals surface area contributed by atoms with Crippen molar-refractivity contribution in [3.8, 4) is 0 Å². The van der Waals surface area contributed by atoms with Crippen LogP contribution in [-0.2, 0) is 0 Å². The molecule has 1 aromatic heterocycles. The maximum atomic E-state index is 12.0. The average molecular weight is 250 g/mol. The van der Waals surface area contributed by atoms with Gasteiger partial charge < -0.3 is 4.98 Å². The van der Waals surface area contributed by atoms with Crippen LogP contribution in [0.4, 0.5) is 5.82 Å². The fourth-order valence-electron chi connectivity index (χ4n) is 1.41. The van der Waals surface area contributed by atoms with Crippen molar-refractivity contribution < 1.29 is 4.79 Å². The number of rotatable bonds is 7. The lowest BCUT2D eigenvalue weighted by molar-refractivity contribution is 0.0923. The van der Waals surface area contributed by atoms with Crippen molar-refractivity contribution in [1.29, 1.82) is 0 Å². The number of azo groups is 1. The summed E-state index contributed by atoms with van der Waals surface area (Å²) in [5.41, 5.74) is 0.470.